The van der Waals surface area contributed by atoms with Crippen LogP contribution in [0, 0.1) is 0 Å². The van der Waals surface area contributed by atoms with E-state index in [0.717, 1.165) is 48.1 Å². The fraction of sp³-hybridized carbons (Fsp3) is 0.400. The third-order valence-electron chi connectivity index (χ3n) is 5.90. The van der Waals surface area contributed by atoms with E-state index in [4.69, 9.17) is 4.74 Å². The number of fused-ring (bicyclic) bond motifs is 1. The molecule has 0 saturated carbocycles. The van der Waals surface area contributed by atoms with Crippen molar-refractivity contribution in [2.24, 2.45) is 0 Å². The first-order valence-electron chi connectivity index (χ1n) is 11.7. The van der Waals surface area contributed by atoms with Crippen LogP contribution >= 0.6 is 11.3 Å². The Hall–Kier alpha value is -3.17. The molecule has 1 aliphatic rings. The highest BCUT2D eigenvalue weighted by molar-refractivity contribution is 7.17. The molecule has 0 unspecified atom stereocenters. The normalized spacial score (nSPS) is 12.5. The van der Waals surface area contributed by atoms with E-state index < -0.39 is 0 Å². The number of aromatic nitrogens is 2. The van der Waals surface area contributed by atoms with Gasteiger partial charge < -0.3 is 20.5 Å². The Morgan fingerprint density at radius 1 is 1.21 bits per heavy atom. The number of ether oxygens (including phenoxy) is 1. The number of benzene rings is 1. The molecule has 0 fully saturated rings. The van der Waals surface area contributed by atoms with Gasteiger partial charge >= 0.3 is 0 Å². The van der Waals surface area contributed by atoms with Gasteiger partial charge in [-0.1, -0.05) is 13.0 Å². The highest BCUT2D eigenvalue weighted by Crippen LogP contribution is 2.39. The van der Waals surface area contributed by atoms with Gasteiger partial charge in [-0.05, 0) is 68.4 Å². The molecule has 4 rings (SSSR count). The molecule has 2 amide bonds. The number of phenolic OH excluding ortho intramolecular Hbond substituents is 1. The van der Waals surface area contributed by atoms with Crippen molar-refractivity contribution >= 4 is 28.2 Å². The lowest BCUT2D eigenvalue weighted by Gasteiger charge is -2.09. The highest BCUT2D eigenvalue weighted by atomic mass is 32.1. The maximum atomic E-state index is 13.0. The molecule has 3 aromatic rings. The van der Waals surface area contributed by atoms with Gasteiger partial charge in [0, 0.05) is 30.2 Å². The summed E-state index contributed by atoms with van der Waals surface area (Å²) in [6, 6.07) is 6.97. The van der Waals surface area contributed by atoms with Crippen LogP contribution in [0.4, 0.5) is 5.00 Å². The number of rotatable bonds is 10. The SMILES string of the molecule is CCOCCCNC(=O)c1c(NC(=O)c2cc(-c3cc(CC)ccc3O)n[nH]2)sc2c1CCC2. The van der Waals surface area contributed by atoms with E-state index >= 15 is 0 Å². The summed E-state index contributed by atoms with van der Waals surface area (Å²) in [6.07, 6.45) is 4.33. The molecular formula is C25H30N4O4S. The molecule has 1 aromatic carbocycles. The van der Waals surface area contributed by atoms with Crippen LogP contribution in [0.1, 0.15) is 63.5 Å². The third-order valence-corrected chi connectivity index (χ3v) is 7.11. The second-order valence-electron chi connectivity index (χ2n) is 8.19. The molecule has 2 heterocycles. The number of nitrogens with one attached hydrogen (secondary N) is 3. The van der Waals surface area contributed by atoms with Crippen LogP contribution in [0.2, 0.25) is 0 Å². The average Bonchev–Trinajstić information content (AvgIpc) is 3.55. The van der Waals surface area contributed by atoms with Gasteiger partial charge in [0.15, 0.2) is 0 Å². The Labute approximate surface area is 202 Å². The molecule has 1 aliphatic carbocycles. The van der Waals surface area contributed by atoms with Gasteiger partial charge in [-0.2, -0.15) is 5.10 Å². The van der Waals surface area contributed by atoms with Crippen LogP contribution in [0.15, 0.2) is 24.3 Å². The number of aromatic hydroxyl groups is 1. The number of hydrogen-bond acceptors (Lipinski definition) is 6. The lowest BCUT2D eigenvalue weighted by Crippen LogP contribution is -2.27. The zero-order valence-electron chi connectivity index (χ0n) is 19.5. The molecule has 0 spiro atoms. The van der Waals surface area contributed by atoms with Crippen molar-refractivity contribution in [3.8, 4) is 17.0 Å². The number of carbonyl (C=O) groups excluding carboxylic acids is 2. The molecule has 34 heavy (non-hydrogen) atoms. The van der Waals surface area contributed by atoms with Gasteiger partial charge in [0.25, 0.3) is 11.8 Å². The van der Waals surface area contributed by atoms with E-state index in [1.165, 1.54) is 11.3 Å². The minimum Gasteiger partial charge on any atom is -0.507 e. The molecular weight excluding hydrogens is 452 g/mol. The summed E-state index contributed by atoms with van der Waals surface area (Å²) in [6.45, 7) is 5.74. The smallest absolute Gasteiger partial charge is 0.274 e. The summed E-state index contributed by atoms with van der Waals surface area (Å²) in [7, 11) is 0. The molecule has 0 bridgehead atoms. The first-order chi connectivity index (χ1) is 16.5. The minimum atomic E-state index is -0.379. The van der Waals surface area contributed by atoms with Crippen molar-refractivity contribution in [2.75, 3.05) is 25.1 Å². The number of thiophene rings is 1. The maximum Gasteiger partial charge on any atom is 0.274 e. The third kappa shape index (κ3) is 5.15. The molecule has 8 nitrogen and oxygen atoms in total. The van der Waals surface area contributed by atoms with Crippen molar-refractivity contribution in [2.45, 2.75) is 46.0 Å². The van der Waals surface area contributed by atoms with E-state index in [9.17, 15) is 14.7 Å². The second-order valence-corrected chi connectivity index (χ2v) is 9.30. The Morgan fingerprint density at radius 2 is 2.06 bits per heavy atom. The summed E-state index contributed by atoms with van der Waals surface area (Å²) in [5, 5.41) is 23.7. The number of phenols is 1. The van der Waals surface area contributed by atoms with E-state index in [0.29, 0.717) is 41.6 Å². The van der Waals surface area contributed by atoms with Crippen molar-refractivity contribution in [3.05, 3.63) is 51.5 Å². The molecule has 180 valence electrons. The van der Waals surface area contributed by atoms with Crippen molar-refractivity contribution < 1.29 is 19.4 Å². The predicted molar refractivity (Wildman–Crippen MR) is 133 cm³/mol. The Balaban J connectivity index is 1.50. The average molecular weight is 483 g/mol. The van der Waals surface area contributed by atoms with Crippen LogP contribution in [-0.2, 0) is 24.0 Å². The number of carbonyl (C=O) groups is 2. The Morgan fingerprint density at radius 3 is 2.85 bits per heavy atom. The van der Waals surface area contributed by atoms with E-state index in [1.54, 1.807) is 12.1 Å². The summed E-state index contributed by atoms with van der Waals surface area (Å²) >= 11 is 1.47. The fourth-order valence-electron chi connectivity index (χ4n) is 4.10. The van der Waals surface area contributed by atoms with Crippen molar-refractivity contribution in [1.82, 2.24) is 15.5 Å². The molecule has 9 heteroatoms. The standard InChI is InChI=1S/C25H30N4O4S/c1-3-15-9-10-20(30)17(13-15)18-14-19(29-28-18)23(31)27-25-22(16-7-5-8-21(16)34-25)24(32)26-11-6-12-33-4-2/h9-10,13-14,30H,3-8,11-12H2,1-2H3,(H,26,32)(H,27,31)(H,28,29). The van der Waals surface area contributed by atoms with E-state index in [-0.39, 0.29) is 23.3 Å². The highest BCUT2D eigenvalue weighted by Gasteiger charge is 2.28. The van der Waals surface area contributed by atoms with Crippen molar-refractivity contribution in [1.29, 1.82) is 0 Å². The summed E-state index contributed by atoms with van der Waals surface area (Å²) < 4.78 is 5.33. The molecule has 0 atom stereocenters. The zero-order chi connectivity index (χ0) is 24.1. The summed E-state index contributed by atoms with van der Waals surface area (Å²) in [5.74, 6) is -0.443. The molecule has 2 aromatic heterocycles. The monoisotopic (exact) mass is 482 g/mol. The Kier molecular flexibility index (Phi) is 7.64. The van der Waals surface area contributed by atoms with Crippen molar-refractivity contribution in [3.63, 3.8) is 0 Å². The fourth-order valence-corrected chi connectivity index (χ4v) is 5.38. The second kappa shape index (κ2) is 10.8. The number of aryl methyl sites for hydroxylation is 2. The lowest BCUT2D eigenvalue weighted by molar-refractivity contribution is 0.0944. The Bertz CT molecular complexity index is 1180. The van der Waals surface area contributed by atoms with Gasteiger partial charge in [0.1, 0.15) is 16.4 Å². The van der Waals surface area contributed by atoms with Crippen LogP contribution in [-0.4, -0.2) is 46.9 Å². The summed E-state index contributed by atoms with van der Waals surface area (Å²) in [5.41, 5.74) is 3.97. The van der Waals surface area contributed by atoms with Gasteiger partial charge in [0.2, 0.25) is 0 Å². The van der Waals surface area contributed by atoms with Crippen LogP contribution in [0.25, 0.3) is 11.3 Å². The van der Waals surface area contributed by atoms with Gasteiger partial charge in [-0.3, -0.25) is 14.7 Å². The van der Waals surface area contributed by atoms with Crippen LogP contribution < -0.4 is 10.6 Å². The minimum absolute atomic E-state index is 0.105. The van der Waals surface area contributed by atoms with Gasteiger partial charge in [0.05, 0.1) is 11.3 Å². The molecule has 4 N–H and O–H groups in total. The summed E-state index contributed by atoms with van der Waals surface area (Å²) in [4.78, 5) is 27.1. The van der Waals surface area contributed by atoms with E-state index in [1.807, 2.05) is 26.0 Å². The first kappa shape index (κ1) is 24.0. The number of aromatic amines is 1. The quantitative estimate of drug-likeness (QED) is 0.322. The zero-order valence-corrected chi connectivity index (χ0v) is 20.3. The van der Waals surface area contributed by atoms with Gasteiger partial charge in [-0.25, -0.2) is 0 Å². The largest absolute Gasteiger partial charge is 0.507 e. The molecule has 0 saturated heterocycles. The maximum absolute atomic E-state index is 13.0. The van der Waals surface area contributed by atoms with Crippen LogP contribution in [0.5, 0.6) is 5.75 Å². The lowest BCUT2D eigenvalue weighted by atomic mass is 10.1. The van der Waals surface area contributed by atoms with E-state index in [2.05, 4.69) is 20.8 Å². The topological polar surface area (TPSA) is 116 Å². The number of amides is 2. The first-order valence-corrected chi connectivity index (χ1v) is 12.5. The predicted octanol–water partition coefficient (Wildman–Crippen LogP) is 4.30. The van der Waals surface area contributed by atoms with Gasteiger partial charge in [-0.15, -0.1) is 11.3 Å². The molecule has 0 radical (unpaired) electrons. The number of nitrogens with zero attached hydrogens (tertiary/aromatic N) is 1. The number of hydrogen-bond donors (Lipinski definition) is 4. The number of anilines is 1. The van der Waals surface area contributed by atoms with Crippen LogP contribution in [0.3, 0.4) is 0 Å². The molecule has 0 aliphatic heterocycles. The number of H-pyrrole nitrogens is 1.